The van der Waals surface area contributed by atoms with Crippen molar-refractivity contribution in [2.45, 2.75) is 44.9 Å². The summed E-state index contributed by atoms with van der Waals surface area (Å²) in [6.07, 6.45) is -1.22. The third kappa shape index (κ3) is 5.84. The second-order valence-electron chi connectivity index (χ2n) is 11.8. The first-order chi connectivity index (χ1) is 21.6. The van der Waals surface area contributed by atoms with Crippen LogP contribution in [-0.2, 0) is 6.18 Å². The number of hydrogen-bond acceptors (Lipinski definition) is 7. The monoisotopic (exact) mass is 622 g/mol. The summed E-state index contributed by atoms with van der Waals surface area (Å²) in [5, 5.41) is 14.4. The molecule has 1 amide bonds. The van der Waals surface area contributed by atoms with Gasteiger partial charge in [0.05, 0.1) is 31.6 Å². The first-order valence-corrected chi connectivity index (χ1v) is 15.2. The van der Waals surface area contributed by atoms with Gasteiger partial charge in [-0.3, -0.25) is 9.69 Å². The number of alkyl halides is 3. The van der Waals surface area contributed by atoms with Gasteiger partial charge in [0.2, 0.25) is 0 Å². The van der Waals surface area contributed by atoms with Gasteiger partial charge < -0.3 is 19.6 Å². The van der Waals surface area contributed by atoms with Gasteiger partial charge in [-0.2, -0.15) is 18.3 Å². The molecule has 2 aromatic heterocycles. The van der Waals surface area contributed by atoms with Crippen LogP contribution in [0, 0.1) is 6.92 Å². The van der Waals surface area contributed by atoms with Gasteiger partial charge in [-0.05, 0) is 68.7 Å². The zero-order valence-corrected chi connectivity index (χ0v) is 25.6. The predicted molar refractivity (Wildman–Crippen MR) is 165 cm³/mol. The van der Waals surface area contributed by atoms with Crippen LogP contribution in [0.15, 0.2) is 54.7 Å². The number of methoxy groups -OCH3 is 1. The molecule has 0 aliphatic carbocycles. The van der Waals surface area contributed by atoms with Crippen LogP contribution in [0.5, 0.6) is 5.75 Å². The van der Waals surface area contributed by atoms with Crippen molar-refractivity contribution in [2.24, 2.45) is 0 Å². The molecule has 0 bridgehead atoms. The molecule has 2 fully saturated rings. The van der Waals surface area contributed by atoms with Crippen molar-refractivity contribution < 1.29 is 27.8 Å². The largest absolute Gasteiger partial charge is 0.497 e. The van der Waals surface area contributed by atoms with E-state index in [0.29, 0.717) is 30.9 Å². The summed E-state index contributed by atoms with van der Waals surface area (Å²) < 4.78 is 49.1. The Kier molecular flexibility index (Phi) is 8.45. The summed E-state index contributed by atoms with van der Waals surface area (Å²) >= 11 is 0. The van der Waals surface area contributed by atoms with Crippen molar-refractivity contribution in [3.8, 4) is 17.0 Å². The Hall–Kier alpha value is -4.16. The molecule has 2 saturated heterocycles. The van der Waals surface area contributed by atoms with Gasteiger partial charge in [-0.1, -0.05) is 12.1 Å². The highest BCUT2D eigenvalue weighted by Gasteiger charge is 2.40. The number of aliphatic hydroxyl groups is 1. The van der Waals surface area contributed by atoms with Crippen LogP contribution in [0.4, 0.5) is 18.9 Å². The van der Waals surface area contributed by atoms with E-state index in [2.05, 4.69) is 32.0 Å². The number of ether oxygens (including phenoxy) is 1. The van der Waals surface area contributed by atoms with E-state index in [0.717, 1.165) is 28.9 Å². The van der Waals surface area contributed by atoms with Gasteiger partial charge in [0.15, 0.2) is 11.3 Å². The maximum absolute atomic E-state index is 14.4. The van der Waals surface area contributed by atoms with E-state index in [1.165, 1.54) is 33.1 Å². The standard InChI is InChI=1S/C33H37F3N6O3/c1-21-19-40(28(20-43)24-7-6-8-25(17-24)39-13-4-5-14-39)15-16-41(21)32(44)27-18-37-42-30(33(34,35)36)22(2)29(38-31(27)42)23-9-11-26(45-3)12-10-23/h6-12,17-18,21,28,43H,4-5,13-16,19-20H2,1-3H3/t21-,28-/m1/s1. The van der Waals surface area contributed by atoms with Crippen LogP contribution in [0.1, 0.15) is 53.0 Å². The molecule has 2 aliphatic heterocycles. The molecule has 0 spiro atoms. The minimum atomic E-state index is -4.73. The summed E-state index contributed by atoms with van der Waals surface area (Å²) in [5.41, 5.74) is 1.54. The molecule has 12 heteroatoms. The maximum Gasteiger partial charge on any atom is 0.433 e. The van der Waals surface area contributed by atoms with Crippen molar-refractivity contribution in [3.05, 3.63) is 77.1 Å². The van der Waals surface area contributed by atoms with Crippen LogP contribution in [-0.4, -0.2) is 87.9 Å². The number of hydrogen-bond donors (Lipinski definition) is 1. The smallest absolute Gasteiger partial charge is 0.433 e. The lowest BCUT2D eigenvalue weighted by Crippen LogP contribution is -2.55. The Morgan fingerprint density at radius 2 is 1.82 bits per heavy atom. The minimum absolute atomic E-state index is 0.00702. The Morgan fingerprint density at radius 3 is 2.47 bits per heavy atom. The van der Waals surface area contributed by atoms with Crippen molar-refractivity contribution in [1.82, 2.24) is 24.4 Å². The molecule has 0 saturated carbocycles. The predicted octanol–water partition coefficient (Wildman–Crippen LogP) is 5.21. The molecule has 1 N–H and O–H groups in total. The molecule has 6 rings (SSSR count). The first kappa shape index (κ1) is 30.8. The number of benzene rings is 2. The fraction of sp³-hybridized carbons (Fsp3) is 0.424. The SMILES string of the molecule is COc1ccc(-c2nc3c(C(=O)N4CCN([C@H](CO)c5cccc(N6CCCC6)c5)C[C@H]4C)cnn3c(C(F)(F)F)c2C)cc1. The average Bonchev–Trinajstić information content (AvgIpc) is 3.71. The maximum atomic E-state index is 14.4. The van der Waals surface area contributed by atoms with Crippen molar-refractivity contribution >= 4 is 17.2 Å². The van der Waals surface area contributed by atoms with Gasteiger partial charge in [0, 0.05) is 55.6 Å². The van der Waals surface area contributed by atoms with E-state index in [1.54, 1.807) is 29.2 Å². The Morgan fingerprint density at radius 1 is 1.09 bits per heavy atom. The summed E-state index contributed by atoms with van der Waals surface area (Å²) in [4.78, 5) is 24.7. The summed E-state index contributed by atoms with van der Waals surface area (Å²) in [6.45, 7) is 6.56. The highest BCUT2D eigenvalue weighted by Crippen LogP contribution is 2.37. The van der Waals surface area contributed by atoms with Crippen LogP contribution in [0.3, 0.4) is 0 Å². The molecule has 0 radical (unpaired) electrons. The van der Waals surface area contributed by atoms with Crippen molar-refractivity contribution in [1.29, 1.82) is 0 Å². The van der Waals surface area contributed by atoms with E-state index in [4.69, 9.17) is 4.74 Å². The van der Waals surface area contributed by atoms with Crippen LogP contribution in [0.25, 0.3) is 16.9 Å². The van der Waals surface area contributed by atoms with Crippen LogP contribution >= 0.6 is 0 Å². The number of piperazine rings is 1. The number of nitrogens with zero attached hydrogens (tertiary/aromatic N) is 6. The third-order valence-electron chi connectivity index (χ3n) is 9.01. The van der Waals surface area contributed by atoms with Crippen LogP contribution < -0.4 is 9.64 Å². The Balaban J connectivity index is 1.28. The van der Waals surface area contributed by atoms with Gasteiger partial charge in [-0.25, -0.2) is 9.50 Å². The third-order valence-corrected chi connectivity index (χ3v) is 9.01. The molecule has 4 aromatic rings. The quantitative estimate of drug-likeness (QED) is 0.303. The van der Waals surface area contributed by atoms with E-state index in [9.17, 15) is 23.1 Å². The molecule has 4 heterocycles. The molecule has 2 aliphatic rings. The molecule has 238 valence electrons. The number of halogens is 3. The number of carbonyl (C=O) groups is 1. The fourth-order valence-corrected chi connectivity index (χ4v) is 6.65. The number of carbonyl (C=O) groups excluding carboxylic acids is 1. The minimum Gasteiger partial charge on any atom is -0.497 e. The molecule has 9 nitrogen and oxygen atoms in total. The molecular formula is C33H37F3N6O3. The number of aromatic nitrogens is 3. The summed E-state index contributed by atoms with van der Waals surface area (Å²) in [6, 6.07) is 14.3. The second-order valence-corrected chi connectivity index (χ2v) is 11.8. The Labute approximate surface area is 259 Å². The number of amides is 1. The van der Waals surface area contributed by atoms with Crippen molar-refractivity contribution in [2.75, 3.05) is 51.3 Å². The van der Waals surface area contributed by atoms with Gasteiger partial charge in [-0.15, -0.1) is 0 Å². The zero-order valence-electron chi connectivity index (χ0n) is 25.6. The highest BCUT2D eigenvalue weighted by atomic mass is 19.4. The van der Waals surface area contributed by atoms with Crippen molar-refractivity contribution in [3.63, 3.8) is 0 Å². The lowest BCUT2D eigenvalue weighted by atomic mass is 10.0. The molecule has 2 aromatic carbocycles. The molecule has 2 atom stereocenters. The molecule has 45 heavy (non-hydrogen) atoms. The number of aliphatic hydroxyl groups excluding tert-OH is 1. The van der Waals surface area contributed by atoms with Gasteiger partial charge >= 0.3 is 6.18 Å². The average molecular weight is 623 g/mol. The molecular weight excluding hydrogens is 585 g/mol. The fourth-order valence-electron chi connectivity index (χ4n) is 6.65. The second kappa shape index (κ2) is 12.3. The van der Waals surface area contributed by atoms with E-state index in [1.807, 2.05) is 19.1 Å². The highest BCUT2D eigenvalue weighted by molar-refractivity contribution is 6.00. The van der Waals surface area contributed by atoms with E-state index < -0.39 is 17.8 Å². The topological polar surface area (TPSA) is 86.4 Å². The lowest BCUT2D eigenvalue weighted by Gasteiger charge is -2.43. The lowest BCUT2D eigenvalue weighted by molar-refractivity contribution is -0.143. The number of anilines is 1. The molecule has 0 unspecified atom stereocenters. The normalized spacial score (nSPS) is 18.5. The van der Waals surface area contributed by atoms with Gasteiger partial charge in [0.25, 0.3) is 5.91 Å². The van der Waals surface area contributed by atoms with E-state index >= 15 is 0 Å². The van der Waals surface area contributed by atoms with Crippen LogP contribution in [0.2, 0.25) is 0 Å². The number of rotatable bonds is 7. The summed E-state index contributed by atoms with van der Waals surface area (Å²) in [5.74, 6) is 0.128. The Bertz CT molecular complexity index is 1680. The number of fused-ring (bicyclic) bond motifs is 1. The summed E-state index contributed by atoms with van der Waals surface area (Å²) in [7, 11) is 1.51. The van der Waals surface area contributed by atoms with Gasteiger partial charge in [0.1, 0.15) is 11.3 Å². The van der Waals surface area contributed by atoms with E-state index in [-0.39, 0.29) is 41.2 Å². The zero-order chi connectivity index (χ0) is 31.9. The first-order valence-electron chi connectivity index (χ1n) is 15.2.